The largest absolute Gasteiger partial charge is 0.309 e. The minimum atomic E-state index is 0.637. The molecule has 0 aliphatic rings. The number of aromatic nitrogens is 5. The van der Waals surface area contributed by atoms with Gasteiger partial charge >= 0.3 is 0 Å². The summed E-state index contributed by atoms with van der Waals surface area (Å²) in [6, 6.07) is 71.0. The van der Waals surface area contributed by atoms with E-state index in [0.717, 1.165) is 49.9 Å². The second kappa shape index (κ2) is 12.8. The molecule has 5 heteroatoms. The summed E-state index contributed by atoms with van der Waals surface area (Å²) in [5.74, 6) is 1.92. The molecule has 0 amide bonds. The molecule has 0 N–H and O–H groups in total. The first kappa shape index (κ1) is 32.4. The summed E-state index contributed by atoms with van der Waals surface area (Å²) in [6.07, 6.45) is 0. The molecule has 12 aromatic rings. The van der Waals surface area contributed by atoms with Crippen LogP contribution < -0.4 is 0 Å². The van der Waals surface area contributed by atoms with Crippen LogP contribution in [0.25, 0.3) is 111 Å². The first-order valence-electron chi connectivity index (χ1n) is 19.6. The smallest absolute Gasteiger partial charge is 0.164 e. The van der Waals surface area contributed by atoms with E-state index in [4.69, 9.17) is 15.0 Å². The molecule has 0 spiro atoms. The Bertz CT molecular complexity index is 3490. The van der Waals surface area contributed by atoms with Crippen molar-refractivity contribution < 1.29 is 0 Å². The SMILES string of the molecule is c1ccc(-c2nc(-c3ccccc3)nc(-c3cccc4c(-n5c6cc7ccccc7cc6c6cc7c8ccccc8n(-c8ccccc8)c7cc65)cccc34)n2)cc1. The van der Waals surface area contributed by atoms with Crippen molar-refractivity contribution in [1.82, 2.24) is 24.1 Å². The van der Waals surface area contributed by atoms with Crippen molar-refractivity contribution in [2.45, 2.75) is 0 Å². The van der Waals surface area contributed by atoms with Crippen LogP contribution in [0.2, 0.25) is 0 Å². The van der Waals surface area contributed by atoms with Gasteiger partial charge in [-0.1, -0.05) is 152 Å². The Kier molecular flexibility index (Phi) is 7.16. The van der Waals surface area contributed by atoms with Crippen LogP contribution in [0.4, 0.5) is 0 Å². The van der Waals surface area contributed by atoms with Gasteiger partial charge in [-0.15, -0.1) is 0 Å². The second-order valence-corrected chi connectivity index (χ2v) is 14.8. The number of hydrogen-bond acceptors (Lipinski definition) is 3. The molecule has 0 atom stereocenters. The number of para-hydroxylation sites is 2. The molecule has 270 valence electrons. The summed E-state index contributed by atoms with van der Waals surface area (Å²) in [7, 11) is 0. The van der Waals surface area contributed by atoms with Crippen molar-refractivity contribution in [2.24, 2.45) is 0 Å². The van der Waals surface area contributed by atoms with Crippen LogP contribution in [-0.2, 0) is 0 Å². The first-order valence-corrected chi connectivity index (χ1v) is 19.6. The van der Waals surface area contributed by atoms with Crippen molar-refractivity contribution >= 4 is 65.2 Å². The highest BCUT2D eigenvalue weighted by Crippen LogP contribution is 2.42. The highest BCUT2D eigenvalue weighted by Gasteiger charge is 2.21. The highest BCUT2D eigenvalue weighted by molar-refractivity contribution is 6.21. The van der Waals surface area contributed by atoms with Gasteiger partial charge < -0.3 is 9.13 Å². The Morgan fingerprint density at radius 2 is 0.810 bits per heavy atom. The zero-order valence-electron chi connectivity index (χ0n) is 31.3. The number of nitrogens with zero attached hydrogens (tertiary/aromatic N) is 5. The third-order valence-corrected chi connectivity index (χ3v) is 11.5. The Hall–Kier alpha value is -7.89. The van der Waals surface area contributed by atoms with E-state index >= 15 is 0 Å². The Morgan fingerprint density at radius 1 is 0.293 bits per heavy atom. The Labute approximate surface area is 333 Å². The van der Waals surface area contributed by atoms with E-state index in [1.807, 2.05) is 36.4 Å². The fraction of sp³-hybridized carbons (Fsp3) is 0. The minimum Gasteiger partial charge on any atom is -0.309 e. The summed E-state index contributed by atoms with van der Waals surface area (Å²) < 4.78 is 4.87. The van der Waals surface area contributed by atoms with Gasteiger partial charge in [-0.2, -0.15) is 0 Å². The number of hydrogen-bond donors (Lipinski definition) is 0. The van der Waals surface area contributed by atoms with Crippen molar-refractivity contribution in [3.05, 3.63) is 200 Å². The van der Waals surface area contributed by atoms with Crippen LogP contribution in [0.3, 0.4) is 0 Å². The number of fused-ring (bicyclic) bond motifs is 8. The van der Waals surface area contributed by atoms with E-state index in [2.05, 4.69) is 173 Å². The van der Waals surface area contributed by atoms with Gasteiger partial charge in [-0.05, 0) is 64.7 Å². The predicted octanol–water partition coefficient (Wildman–Crippen LogP) is 13.4. The standard InChI is InChI=1S/C53H33N5/c1-4-16-34(17-5-1)51-54-52(35-18-6-2-7-19-35)56-53(55-51)42-27-14-26-40-39(42)25-15-29-47(40)58-48-31-37-21-11-10-20-36(37)30-43(48)45-32-44-41-24-12-13-28-46(41)57(49(44)33-50(45)58)38-22-8-3-9-23-38/h1-33H. The van der Waals surface area contributed by atoms with Crippen molar-refractivity contribution in [3.8, 4) is 45.5 Å². The Balaban J connectivity index is 1.16. The predicted molar refractivity (Wildman–Crippen MR) is 240 cm³/mol. The molecule has 5 nitrogen and oxygen atoms in total. The third kappa shape index (κ3) is 5.00. The summed E-state index contributed by atoms with van der Waals surface area (Å²) >= 11 is 0. The van der Waals surface area contributed by atoms with E-state index in [1.165, 1.54) is 43.4 Å². The number of benzene rings is 9. The van der Waals surface area contributed by atoms with Crippen LogP contribution in [-0.4, -0.2) is 24.1 Å². The lowest BCUT2D eigenvalue weighted by Gasteiger charge is -2.15. The van der Waals surface area contributed by atoms with Crippen molar-refractivity contribution in [3.63, 3.8) is 0 Å². The highest BCUT2D eigenvalue weighted by atomic mass is 15.0. The average molecular weight is 740 g/mol. The summed E-state index contributed by atoms with van der Waals surface area (Å²) in [5.41, 5.74) is 9.74. The van der Waals surface area contributed by atoms with Crippen LogP contribution in [0.1, 0.15) is 0 Å². The quantitative estimate of drug-likeness (QED) is 0.177. The van der Waals surface area contributed by atoms with Gasteiger partial charge in [0, 0.05) is 49.3 Å². The zero-order chi connectivity index (χ0) is 38.2. The molecule has 0 unspecified atom stereocenters. The molecule has 9 aromatic carbocycles. The minimum absolute atomic E-state index is 0.637. The van der Waals surface area contributed by atoms with Crippen LogP contribution in [0.5, 0.6) is 0 Å². The van der Waals surface area contributed by atoms with Gasteiger partial charge in [0.25, 0.3) is 0 Å². The van der Waals surface area contributed by atoms with Crippen LogP contribution in [0, 0.1) is 0 Å². The maximum Gasteiger partial charge on any atom is 0.164 e. The molecule has 3 heterocycles. The second-order valence-electron chi connectivity index (χ2n) is 14.8. The first-order chi connectivity index (χ1) is 28.8. The molecule has 3 aromatic heterocycles. The van der Waals surface area contributed by atoms with Gasteiger partial charge in [0.2, 0.25) is 0 Å². The topological polar surface area (TPSA) is 48.5 Å². The lowest BCUT2D eigenvalue weighted by atomic mass is 10.0. The number of rotatable bonds is 5. The van der Waals surface area contributed by atoms with Crippen LogP contribution in [0.15, 0.2) is 200 Å². The molecule has 0 radical (unpaired) electrons. The van der Waals surface area contributed by atoms with E-state index < -0.39 is 0 Å². The van der Waals surface area contributed by atoms with Gasteiger partial charge in [0.1, 0.15) is 0 Å². The molecule has 0 aliphatic heterocycles. The normalized spacial score (nSPS) is 11.8. The summed E-state index contributed by atoms with van der Waals surface area (Å²) in [6.45, 7) is 0. The maximum atomic E-state index is 5.14. The van der Waals surface area contributed by atoms with Crippen molar-refractivity contribution in [1.29, 1.82) is 0 Å². The van der Waals surface area contributed by atoms with E-state index in [-0.39, 0.29) is 0 Å². The van der Waals surface area contributed by atoms with Crippen LogP contribution >= 0.6 is 0 Å². The van der Waals surface area contributed by atoms with E-state index in [1.54, 1.807) is 0 Å². The molecule has 0 aliphatic carbocycles. The van der Waals surface area contributed by atoms with E-state index in [9.17, 15) is 0 Å². The molecule has 0 saturated carbocycles. The fourth-order valence-corrected chi connectivity index (χ4v) is 8.89. The van der Waals surface area contributed by atoms with Gasteiger partial charge in [-0.25, -0.2) is 15.0 Å². The molecular weight excluding hydrogens is 707 g/mol. The third-order valence-electron chi connectivity index (χ3n) is 11.5. The maximum absolute atomic E-state index is 5.14. The molecule has 0 fully saturated rings. The molecule has 0 bridgehead atoms. The molecule has 0 saturated heterocycles. The molecule has 12 rings (SSSR count). The van der Waals surface area contributed by atoms with E-state index in [0.29, 0.717) is 17.5 Å². The average Bonchev–Trinajstić information content (AvgIpc) is 3.78. The summed E-state index contributed by atoms with van der Waals surface area (Å²) in [4.78, 5) is 15.2. The Morgan fingerprint density at radius 3 is 1.55 bits per heavy atom. The monoisotopic (exact) mass is 739 g/mol. The van der Waals surface area contributed by atoms with Gasteiger partial charge in [-0.3, -0.25) is 0 Å². The fourth-order valence-electron chi connectivity index (χ4n) is 8.89. The molecular formula is C53H33N5. The zero-order valence-corrected chi connectivity index (χ0v) is 31.3. The van der Waals surface area contributed by atoms with Gasteiger partial charge in [0.15, 0.2) is 17.5 Å². The lowest BCUT2D eigenvalue weighted by molar-refractivity contribution is 1.08. The lowest BCUT2D eigenvalue weighted by Crippen LogP contribution is -2.01. The molecule has 58 heavy (non-hydrogen) atoms. The van der Waals surface area contributed by atoms with Gasteiger partial charge in [0.05, 0.1) is 27.8 Å². The van der Waals surface area contributed by atoms with Crippen molar-refractivity contribution in [2.75, 3.05) is 0 Å². The summed E-state index contributed by atoms with van der Waals surface area (Å²) in [5, 5.41) is 9.51.